The van der Waals surface area contributed by atoms with Crippen molar-refractivity contribution >= 4 is 23.0 Å². The van der Waals surface area contributed by atoms with Gasteiger partial charge in [0.2, 0.25) is 0 Å². The van der Waals surface area contributed by atoms with Crippen LogP contribution in [0.5, 0.6) is 0 Å². The van der Waals surface area contributed by atoms with E-state index in [1.165, 1.54) is 0 Å². The number of alkyl halides is 3. The van der Waals surface area contributed by atoms with Crippen LogP contribution in [0.3, 0.4) is 0 Å². The highest BCUT2D eigenvalue weighted by molar-refractivity contribution is 6.33. The molecule has 0 saturated heterocycles. The first-order valence-corrected chi connectivity index (χ1v) is 5.62. The summed E-state index contributed by atoms with van der Waals surface area (Å²) in [7, 11) is 0. The van der Waals surface area contributed by atoms with Crippen LogP contribution >= 0.6 is 11.6 Å². The van der Waals surface area contributed by atoms with Gasteiger partial charge in [0.15, 0.2) is 0 Å². The van der Waals surface area contributed by atoms with E-state index in [2.05, 4.69) is 5.32 Å². The number of nitrogens with one attached hydrogen (secondary N) is 1. The predicted octanol–water partition coefficient (Wildman–Crippen LogP) is 4.07. The fraction of sp³-hybridized carbons (Fsp3) is 0.455. The number of hydrogen-bond donors (Lipinski definition) is 2. The van der Waals surface area contributed by atoms with Crippen molar-refractivity contribution in [3.8, 4) is 0 Å². The van der Waals surface area contributed by atoms with E-state index in [1.807, 2.05) is 0 Å². The summed E-state index contributed by atoms with van der Waals surface area (Å²) < 4.78 is 35.6. The second kappa shape index (κ2) is 6.00. The average Bonchev–Trinajstić information content (AvgIpc) is 2.22. The van der Waals surface area contributed by atoms with Crippen molar-refractivity contribution in [1.82, 2.24) is 0 Å². The highest BCUT2D eigenvalue weighted by atomic mass is 35.5. The second-order valence-electron chi connectivity index (χ2n) is 3.70. The SMILES string of the molecule is Nc1c(Cl)cccc1NCCCCC(F)(F)F. The Morgan fingerprint density at radius 2 is 1.94 bits per heavy atom. The Labute approximate surface area is 103 Å². The van der Waals surface area contributed by atoms with Crippen molar-refractivity contribution in [2.45, 2.75) is 25.4 Å². The molecule has 0 fully saturated rings. The van der Waals surface area contributed by atoms with E-state index in [9.17, 15) is 13.2 Å². The standard InChI is InChI=1S/C11H14ClF3N2/c12-8-4-3-5-9(10(8)16)17-7-2-1-6-11(13,14)15/h3-5,17H,1-2,6-7,16H2. The van der Waals surface area contributed by atoms with Crippen molar-refractivity contribution < 1.29 is 13.2 Å². The van der Waals surface area contributed by atoms with Crippen LogP contribution in [-0.4, -0.2) is 12.7 Å². The zero-order valence-electron chi connectivity index (χ0n) is 9.15. The molecule has 6 heteroatoms. The maximum Gasteiger partial charge on any atom is 0.389 e. The normalized spacial score (nSPS) is 11.5. The molecule has 0 saturated carbocycles. The van der Waals surface area contributed by atoms with E-state index in [1.54, 1.807) is 18.2 Å². The summed E-state index contributed by atoms with van der Waals surface area (Å²) in [6.45, 7) is 0.445. The average molecular weight is 267 g/mol. The summed E-state index contributed by atoms with van der Waals surface area (Å²) in [5, 5.41) is 3.40. The number of anilines is 2. The molecule has 0 spiro atoms. The molecule has 96 valence electrons. The van der Waals surface area contributed by atoms with Crippen LogP contribution in [0.25, 0.3) is 0 Å². The van der Waals surface area contributed by atoms with Gasteiger partial charge in [-0.2, -0.15) is 13.2 Å². The van der Waals surface area contributed by atoms with E-state index in [0.717, 1.165) is 0 Å². The van der Waals surface area contributed by atoms with Crippen molar-refractivity contribution in [1.29, 1.82) is 0 Å². The van der Waals surface area contributed by atoms with Gasteiger partial charge in [0.1, 0.15) is 0 Å². The van der Waals surface area contributed by atoms with Gasteiger partial charge in [-0.25, -0.2) is 0 Å². The molecule has 1 rings (SSSR count). The van der Waals surface area contributed by atoms with Crippen LogP contribution in [0, 0.1) is 0 Å². The lowest BCUT2D eigenvalue weighted by atomic mass is 10.2. The number of unbranched alkanes of at least 4 members (excludes halogenated alkanes) is 1. The summed E-state index contributed by atoms with van der Waals surface area (Å²) in [5.74, 6) is 0. The lowest BCUT2D eigenvalue weighted by Gasteiger charge is -2.10. The molecule has 0 aliphatic rings. The summed E-state index contributed by atoms with van der Waals surface area (Å²) in [4.78, 5) is 0. The van der Waals surface area contributed by atoms with E-state index in [0.29, 0.717) is 29.4 Å². The Bertz CT molecular complexity index is 366. The first-order chi connectivity index (χ1) is 7.90. The van der Waals surface area contributed by atoms with Gasteiger partial charge in [0.05, 0.1) is 16.4 Å². The molecule has 0 atom stereocenters. The molecule has 3 N–H and O–H groups in total. The van der Waals surface area contributed by atoms with Crippen molar-refractivity contribution in [2.24, 2.45) is 0 Å². The summed E-state index contributed by atoms with van der Waals surface area (Å²) in [6.07, 6.45) is -4.28. The van der Waals surface area contributed by atoms with E-state index in [-0.39, 0.29) is 6.42 Å². The largest absolute Gasteiger partial charge is 0.396 e. The van der Waals surface area contributed by atoms with Gasteiger partial charge in [0.25, 0.3) is 0 Å². The molecule has 0 heterocycles. The maximum absolute atomic E-state index is 11.9. The fourth-order valence-electron chi connectivity index (χ4n) is 1.36. The number of nitrogen functional groups attached to an aromatic ring is 1. The number of benzene rings is 1. The van der Waals surface area contributed by atoms with Crippen molar-refractivity contribution in [3.63, 3.8) is 0 Å². The Morgan fingerprint density at radius 1 is 1.24 bits per heavy atom. The lowest BCUT2D eigenvalue weighted by molar-refractivity contribution is -0.135. The fourth-order valence-corrected chi connectivity index (χ4v) is 1.54. The van der Waals surface area contributed by atoms with Gasteiger partial charge in [-0.1, -0.05) is 17.7 Å². The van der Waals surface area contributed by atoms with Gasteiger partial charge in [-0.3, -0.25) is 0 Å². The Balaban J connectivity index is 2.29. The number of halogens is 4. The van der Waals surface area contributed by atoms with Crippen LogP contribution in [0.2, 0.25) is 5.02 Å². The lowest BCUT2D eigenvalue weighted by Crippen LogP contribution is -2.09. The highest BCUT2D eigenvalue weighted by Gasteiger charge is 2.25. The molecule has 0 bridgehead atoms. The van der Waals surface area contributed by atoms with Gasteiger partial charge < -0.3 is 11.1 Å². The number of para-hydroxylation sites is 1. The Hall–Kier alpha value is -1.10. The third-order valence-corrected chi connectivity index (χ3v) is 2.58. The predicted molar refractivity (Wildman–Crippen MR) is 64.3 cm³/mol. The zero-order chi connectivity index (χ0) is 12.9. The van der Waals surface area contributed by atoms with Crippen LogP contribution in [0.1, 0.15) is 19.3 Å². The second-order valence-corrected chi connectivity index (χ2v) is 4.11. The highest BCUT2D eigenvalue weighted by Crippen LogP contribution is 2.27. The molecular weight excluding hydrogens is 253 g/mol. The van der Waals surface area contributed by atoms with Gasteiger partial charge >= 0.3 is 6.18 Å². The molecule has 0 unspecified atom stereocenters. The topological polar surface area (TPSA) is 38.0 Å². The monoisotopic (exact) mass is 266 g/mol. The number of nitrogens with two attached hydrogens (primary N) is 1. The molecule has 0 amide bonds. The minimum atomic E-state index is -4.07. The summed E-state index contributed by atoms with van der Waals surface area (Å²) >= 11 is 5.80. The molecule has 0 aliphatic heterocycles. The zero-order valence-corrected chi connectivity index (χ0v) is 9.91. The van der Waals surface area contributed by atoms with E-state index >= 15 is 0 Å². The summed E-state index contributed by atoms with van der Waals surface area (Å²) in [6, 6.07) is 5.13. The molecule has 0 aromatic heterocycles. The third kappa shape index (κ3) is 5.17. The van der Waals surface area contributed by atoms with Crippen molar-refractivity contribution in [2.75, 3.05) is 17.6 Å². The number of rotatable bonds is 5. The molecule has 0 radical (unpaired) electrons. The van der Waals surface area contributed by atoms with Gasteiger partial charge in [-0.05, 0) is 25.0 Å². The molecule has 1 aromatic rings. The van der Waals surface area contributed by atoms with Gasteiger partial charge in [-0.15, -0.1) is 0 Å². The van der Waals surface area contributed by atoms with Crippen molar-refractivity contribution in [3.05, 3.63) is 23.2 Å². The first kappa shape index (κ1) is 14.0. The molecule has 1 aromatic carbocycles. The minimum absolute atomic E-state index is 0.108. The number of hydrogen-bond acceptors (Lipinski definition) is 2. The summed E-state index contributed by atoms with van der Waals surface area (Å²) in [5.41, 5.74) is 6.77. The molecule has 0 aliphatic carbocycles. The third-order valence-electron chi connectivity index (χ3n) is 2.26. The van der Waals surface area contributed by atoms with Crippen LogP contribution in [0.15, 0.2) is 18.2 Å². The Morgan fingerprint density at radius 3 is 2.59 bits per heavy atom. The first-order valence-electron chi connectivity index (χ1n) is 5.25. The molecule has 2 nitrogen and oxygen atoms in total. The molecule has 17 heavy (non-hydrogen) atoms. The smallest absolute Gasteiger partial charge is 0.389 e. The van der Waals surface area contributed by atoms with Gasteiger partial charge in [0, 0.05) is 13.0 Å². The van der Waals surface area contributed by atoms with Crippen LogP contribution < -0.4 is 11.1 Å². The minimum Gasteiger partial charge on any atom is -0.396 e. The van der Waals surface area contributed by atoms with E-state index in [4.69, 9.17) is 17.3 Å². The van der Waals surface area contributed by atoms with Crippen LogP contribution in [-0.2, 0) is 0 Å². The van der Waals surface area contributed by atoms with E-state index < -0.39 is 12.6 Å². The quantitative estimate of drug-likeness (QED) is 0.623. The maximum atomic E-state index is 11.9. The van der Waals surface area contributed by atoms with Crippen LogP contribution in [0.4, 0.5) is 24.5 Å². The Kier molecular flexibility index (Phi) is 4.93. The molecular formula is C11H14ClF3N2.